The van der Waals surface area contributed by atoms with E-state index < -0.39 is 0 Å². The highest BCUT2D eigenvalue weighted by Crippen LogP contribution is 2.39. The van der Waals surface area contributed by atoms with Gasteiger partial charge in [-0.25, -0.2) is 0 Å². The number of benzene rings is 1. The van der Waals surface area contributed by atoms with Gasteiger partial charge in [-0.1, -0.05) is 11.2 Å². The molecule has 3 heterocycles. The number of hydrogen-bond acceptors (Lipinski definition) is 5. The van der Waals surface area contributed by atoms with Crippen LogP contribution < -0.4 is 4.74 Å². The first kappa shape index (κ1) is 15.2. The van der Waals surface area contributed by atoms with Crippen LogP contribution in [0.1, 0.15) is 40.0 Å². The Kier molecular flexibility index (Phi) is 3.57. The van der Waals surface area contributed by atoms with E-state index >= 15 is 0 Å². The number of carbonyl (C=O) groups is 1. The van der Waals surface area contributed by atoms with Crippen LogP contribution in [0.25, 0.3) is 0 Å². The van der Waals surface area contributed by atoms with Crippen LogP contribution in [-0.2, 0) is 11.4 Å². The lowest BCUT2D eigenvalue weighted by atomic mass is 9.91. The molecule has 0 aliphatic carbocycles. The van der Waals surface area contributed by atoms with Gasteiger partial charge in [-0.2, -0.15) is 0 Å². The summed E-state index contributed by atoms with van der Waals surface area (Å²) in [6.07, 6.45) is 0. The monoisotopic (exact) mass is 328 g/mol. The number of rotatable bonds is 3. The molecule has 1 fully saturated rings. The molecule has 0 bridgehead atoms. The third kappa shape index (κ3) is 2.38. The van der Waals surface area contributed by atoms with Gasteiger partial charge < -0.3 is 19.3 Å². The lowest BCUT2D eigenvalue weighted by Crippen LogP contribution is -2.50. The van der Waals surface area contributed by atoms with Crippen molar-refractivity contribution in [1.82, 2.24) is 10.1 Å². The maximum atomic E-state index is 12.8. The van der Waals surface area contributed by atoms with Crippen LogP contribution >= 0.6 is 0 Å². The first-order chi connectivity index (χ1) is 11.6. The number of aliphatic hydroxyl groups is 1. The maximum Gasteiger partial charge on any atom is 0.233 e. The lowest BCUT2D eigenvalue weighted by Gasteiger charge is -2.39. The van der Waals surface area contributed by atoms with Crippen LogP contribution in [0.5, 0.6) is 5.75 Å². The van der Waals surface area contributed by atoms with Crippen molar-refractivity contribution in [1.29, 1.82) is 0 Å². The second kappa shape index (κ2) is 5.63. The Morgan fingerprint density at radius 3 is 2.75 bits per heavy atom. The Labute approximate surface area is 140 Å². The number of aryl methyl sites for hydroxylation is 2. The van der Waals surface area contributed by atoms with Crippen LogP contribution in [0.2, 0.25) is 0 Å². The van der Waals surface area contributed by atoms with E-state index in [-0.39, 0.29) is 24.3 Å². The Balaban J connectivity index is 1.45. The smallest absolute Gasteiger partial charge is 0.233 e. The van der Waals surface area contributed by atoms with Gasteiger partial charge in [0.05, 0.1) is 5.69 Å². The van der Waals surface area contributed by atoms with Crippen molar-refractivity contribution in [3.8, 4) is 5.75 Å². The van der Waals surface area contributed by atoms with E-state index in [1.807, 2.05) is 17.9 Å². The summed E-state index contributed by atoms with van der Waals surface area (Å²) in [6, 6.07) is 5.85. The summed E-state index contributed by atoms with van der Waals surface area (Å²) in [7, 11) is 0. The van der Waals surface area contributed by atoms with E-state index in [0.717, 1.165) is 17.0 Å². The molecule has 6 heteroatoms. The van der Waals surface area contributed by atoms with Crippen LogP contribution in [0.15, 0.2) is 22.7 Å². The van der Waals surface area contributed by atoms with Gasteiger partial charge in [0.1, 0.15) is 24.9 Å². The number of aromatic nitrogens is 1. The molecule has 126 valence electrons. The van der Waals surface area contributed by atoms with E-state index in [1.54, 1.807) is 6.07 Å². The van der Waals surface area contributed by atoms with Gasteiger partial charge in [0.15, 0.2) is 5.76 Å². The molecule has 6 nitrogen and oxygen atoms in total. The summed E-state index contributed by atoms with van der Waals surface area (Å²) in [5, 5.41) is 13.0. The Morgan fingerprint density at radius 2 is 2.04 bits per heavy atom. The Morgan fingerprint density at radius 1 is 1.29 bits per heavy atom. The van der Waals surface area contributed by atoms with Crippen molar-refractivity contribution in [2.75, 3.05) is 19.7 Å². The highest BCUT2D eigenvalue weighted by Gasteiger charge is 2.40. The van der Waals surface area contributed by atoms with Gasteiger partial charge in [-0.15, -0.1) is 0 Å². The molecule has 1 atom stereocenters. The summed E-state index contributed by atoms with van der Waals surface area (Å²) in [4.78, 5) is 14.6. The van der Waals surface area contributed by atoms with Crippen LogP contribution in [0.3, 0.4) is 0 Å². The third-order valence-electron chi connectivity index (χ3n) is 5.05. The zero-order chi connectivity index (χ0) is 16.8. The summed E-state index contributed by atoms with van der Waals surface area (Å²) < 4.78 is 10.7. The van der Waals surface area contributed by atoms with Gasteiger partial charge >= 0.3 is 0 Å². The summed E-state index contributed by atoms with van der Waals surface area (Å²) in [5.41, 5.74) is 4.16. The predicted molar refractivity (Wildman–Crippen MR) is 85.9 cm³/mol. The summed E-state index contributed by atoms with van der Waals surface area (Å²) >= 11 is 0. The number of likely N-dealkylation sites (tertiary alicyclic amines) is 1. The van der Waals surface area contributed by atoms with Crippen molar-refractivity contribution >= 4 is 5.91 Å². The molecule has 2 aromatic rings. The lowest BCUT2D eigenvalue weighted by molar-refractivity contribution is -0.137. The fourth-order valence-electron chi connectivity index (χ4n) is 3.34. The number of fused-ring (bicyclic) bond motifs is 1. The van der Waals surface area contributed by atoms with Crippen LogP contribution in [0.4, 0.5) is 0 Å². The first-order valence-corrected chi connectivity index (χ1v) is 8.16. The number of carbonyl (C=O) groups excluding carboxylic acids is 1. The van der Waals surface area contributed by atoms with Crippen molar-refractivity contribution in [3.63, 3.8) is 0 Å². The molecule has 1 amide bonds. The minimum atomic E-state index is -0.217. The van der Waals surface area contributed by atoms with E-state index in [0.29, 0.717) is 25.5 Å². The van der Waals surface area contributed by atoms with E-state index in [9.17, 15) is 4.79 Å². The van der Waals surface area contributed by atoms with Crippen molar-refractivity contribution in [2.45, 2.75) is 32.3 Å². The molecule has 1 aromatic carbocycles. The molecule has 24 heavy (non-hydrogen) atoms. The molecule has 2 aliphatic heterocycles. The molecule has 1 unspecified atom stereocenters. The largest absolute Gasteiger partial charge is 0.492 e. The highest BCUT2D eigenvalue weighted by molar-refractivity contribution is 5.86. The highest BCUT2D eigenvalue weighted by atomic mass is 16.5. The second-order valence-corrected chi connectivity index (χ2v) is 6.65. The topological polar surface area (TPSA) is 75.8 Å². The van der Waals surface area contributed by atoms with E-state index in [2.05, 4.69) is 18.1 Å². The van der Waals surface area contributed by atoms with Crippen LogP contribution in [0, 0.1) is 13.8 Å². The van der Waals surface area contributed by atoms with Gasteiger partial charge in [-0.3, -0.25) is 4.79 Å². The predicted octanol–water partition coefficient (Wildman–Crippen LogP) is 1.89. The maximum absolute atomic E-state index is 12.8. The SMILES string of the molecule is Cc1cc2c(cc1C)C(C(=O)N1CC(c3cc(CO)on3)C1)CO2. The van der Waals surface area contributed by atoms with Gasteiger partial charge in [0.2, 0.25) is 5.91 Å². The zero-order valence-corrected chi connectivity index (χ0v) is 13.8. The normalized spacial score (nSPS) is 19.8. The number of hydrogen-bond donors (Lipinski definition) is 1. The van der Waals surface area contributed by atoms with Gasteiger partial charge in [-0.05, 0) is 31.0 Å². The molecule has 1 saturated heterocycles. The quantitative estimate of drug-likeness (QED) is 0.931. The zero-order valence-electron chi connectivity index (χ0n) is 13.8. The number of aliphatic hydroxyl groups excluding tert-OH is 1. The molecule has 0 saturated carbocycles. The fourth-order valence-corrected chi connectivity index (χ4v) is 3.34. The Hall–Kier alpha value is -2.34. The number of nitrogens with zero attached hydrogens (tertiary/aromatic N) is 2. The number of amides is 1. The fraction of sp³-hybridized carbons (Fsp3) is 0.444. The second-order valence-electron chi connectivity index (χ2n) is 6.65. The van der Waals surface area contributed by atoms with Gasteiger partial charge in [0.25, 0.3) is 0 Å². The average Bonchev–Trinajstić information content (AvgIpc) is 3.13. The molecule has 1 N–H and O–H groups in total. The van der Waals surface area contributed by atoms with Crippen LogP contribution in [-0.4, -0.2) is 40.8 Å². The molecular formula is C18H20N2O4. The molecular weight excluding hydrogens is 308 g/mol. The molecule has 1 aromatic heterocycles. The van der Waals surface area contributed by atoms with Crippen molar-refractivity contribution in [3.05, 3.63) is 46.3 Å². The molecule has 4 rings (SSSR count). The van der Waals surface area contributed by atoms with Gasteiger partial charge in [0, 0.05) is 30.6 Å². The average molecular weight is 328 g/mol. The van der Waals surface area contributed by atoms with Crippen molar-refractivity contribution in [2.24, 2.45) is 0 Å². The molecule has 0 spiro atoms. The Bertz CT molecular complexity index is 792. The van der Waals surface area contributed by atoms with E-state index in [1.165, 1.54) is 11.1 Å². The minimum Gasteiger partial charge on any atom is -0.492 e. The summed E-state index contributed by atoms with van der Waals surface area (Å²) in [5.74, 6) is 1.36. The third-order valence-corrected chi connectivity index (χ3v) is 5.05. The van der Waals surface area contributed by atoms with E-state index in [4.69, 9.17) is 14.4 Å². The minimum absolute atomic E-state index is 0.110. The first-order valence-electron chi connectivity index (χ1n) is 8.16. The summed E-state index contributed by atoms with van der Waals surface area (Å²) in [6.45, 7) is 5.62. The van der Waals surface area contributed by atoms with Crippen molar-refractivity contribution < 1.29 is 19.2 Å². The number of ether oxygens (including phenoxy) is 1. The molecule has 0 radical (unpaired) electrons. The molecule has 2 aliphatic rings. The standard InChI is InChI=1S/C18H20N2O4/c1-10-3-14-15(9-23-17(14)4-11(10)2)18(22)20-6-12(7-20)16-5-13(8-21)24-19-16/h3-5,12,15,21H,6-9H2,1-2H3.